The molecule has 2 aromatic rings. The molecule has 4 nitrogen and oxygen atoms in total. The van der Waals surface area contributed by atoms with Crippen LogP contribution in [0, 0.1) is 5.82 Å². The van der Waals surface area contributed by atoms with Gasteiger partial charge in [-0.15, -0.1) is 0 Å². The second-order valence-electron chi connectivity index (χ2n) is 7.38. The number of methoxy groups -OCH3 is 1. The average molecular weight is 368 g/mol. The number of carbonyl (C=O) groups excluding carboxylic acids is 1. The molecular weight excluding hydrogens is 343 g/mol. The number of nitrogens with zero attached hydrogens (tertiary/aromatic N) is 2. The number of ether oxygens (including phenoxy) is 1. The number of fused-ring (bicyclic) bond motifs is 1. The predicted octanol–water partition coefficient (Wildman–Crippen LogP) is 3.95. The zero-order valence-electron chi connectivity index (χ0n) is 15.7. The van der Waals surface area contributed by atoms with E-state index in [-0.39, 0.29) is 17.5 Å². The summed E-state index contributed by atoms with van der Waals surface area (Å²) in [5.41, 5.74) is 3.48. The standard InChI is InChI=1S/C22H25FN2O2/c1-27-21-9-8-16(13-19(21)23)14-25-15-17(18-5-2-3-6-20(18)25)10-12-24-11-4-7-22(24)26/h2-3,5-6,8-9,13,17H,4,7,10-12,14-15H2,1H3. The predicted molar refractivity (Wildman–Crippen MR) is 104 cm³/mol. The number of likely N-dealkylation sites (tertiary alicyclic amines) is 1. The van der Waals surface area contributed by atoms with Gasteiger partial charge in [-0.05, 0) is 42.2 Å². The fourth-order valence-electron chi connectivity index (χ4n) is 4.26. The highest BCUT2D eigenvalue weighted by atomic mass is 19.1. The fraction of sp³-hybridized carbons (Fsp3) is 0.409. The Morgan fingerprint density at radius 2 is 2.04 bits per heavy atom. The van der Waals surface area contributed by atoms with Gasteiger partial charge in [-0.2, -0.15) is 0 Å². The summed E-state index contributed by atoms with van der Waals surface area (Å²) < 4.78 is 19.1. The summed E-state index contributed by atoms with van der Waals surface area (Å²) in [5, 5.41) is 0. The molecule has 142 valence electrons. The summed E-state index contributed by atoms with van der Waals surface area (Å²) in [6.07, 6.45) is 2.64. The van der Waals surface area contributed by atoms with Gasteiger partial charge in [-0.3, -0.25) is 4.79 Å². The zero-order chi connectivity index (χ0) is 18.8. The van der Waals surface area contributed by atoms with E-state index in [4.69, 9.17) is 4.74 Å². The molecule has 0 bridgehead atoms. The highest BCUT2D eigenvalue weighted by molar-refractivity contribution is 5.78. The number of para-hydroxylation sites is 1. The third-order valence-corrected chi connectivity index (χ3v) is 5.67. The van der Waals surface area contributed by atoms with E-state index in [2.05, 4.69) is 23.1 Å². The lowest BCUT2D eigenvalue weighted by Gasteiger charge is -2.21. The third-order valence-electron chi connectivity index (χ3n) is 5.67. The molecule has 2 aliphatic heterocycles. The highest BCUT2D eigenvalue weighted by Gasteiger charge is 2.29. The molecule has 2 aromatic carbocycles. The molecule has 4 rings (SSSR count). The first-order valence-electron chi connectivity index (χ1n) is 9.60. The molecule has 0 radical (unpaired) electrons. The molecule has 0 spiro atoms. The van der Waals surface area contributed by atoms with E-state index in [0.29, 0.717) is 18.9 Å². The third kappa shape index (κ3) is 3.64. The van der Waals surface area contributed by atoms with Gasteiger partial charge in [-0.1, -0.05) is 24.3 Å². The molecule has 1 unspecified atom stereocenters. The van der Waals surface area contributed by atoms with Gasteiger partial charge >= 0.3 is 0 Å². The first kappa shape index (κ1) is 17.8. The van der Waals surface area contributed by atoms with Crippen LogP contribution < -0.4 is 9.64 Å². The minimum Gasteiger partial charge on any atom is -0.494 e. The van der Waals surface area contributed by atoms with Crippen LogP contribution in [0.15, 0.2) is 42.5 Å². The minimum absolute atomic E-state index is 0.272. The van der Waals surface area contributed by atoms with Crippen molar-refractivity contribution in [1.82, 2.24) is 4.90 Å². The summed E-state index contributed by atoms with van der Waals surface area (Å²) in [6, 6.07) is 13.6. The van der Waals surface area contributed by atoms with Crippen LogP contribution in [0.5, 0.6) is 5.75 Å². The number of anilines is 1. The second kappa shape index (κ2) is 7.59. The summed E-state index contributed by atoms with van der Waals surface area (Å²) >= 11 is 0. The molecule has 1 saturated heterocycles. The molecule has 1 fully saturated rings. The SMILES string of the molecule is COc1ccc(CN2CC(CCN3CCCC3=O)c3ccccc32)cc1F. The number of hydrogen-bond donors (Lipinski definition) is 0. The molecule has 2 aliphatic rings. The summed E-state index contributed by atoms with van der Waals surface area (Å²) in [6.45, 7) is 3.27. The summed E-state index contributed by atoms with van der Waals surface area (Å²) in [7, 11) is 1.48. The Morgan fingerprint density at radius 1 is 1.19 bits per heavy atom. The first-order chi connectivity index (χ1) is 13.2. The van der Waals surface area contributed by atoms with Gasteiger partial charge in [0.2, 0.25) is 5.91 Å². The van der Waals surface area contributed by atoms with Gasteiger partial charge in [0.15, 0.2) is 11.6 Å². The average Bonchev–Trinajstić information content (AvgIpc) is 3.24. The van der Waals surface area contributed by atoms with E-state index in [1.165, 1.54) is 18.4 Å². The first-order valence-corrected chi connectivity index (χ1v) is 9.60. The molecule has 0 aromatic heterocycles. The Kier molecular flexibility index (Phi) is 5.01. The Hall–Kier alpha value is -2.56. The lowest BCUT2D eigenvalue weighted by atomic mass is 9.98. The monoisotopic (exact) mass is 368 g/mol. The maximum absolute atomic E-state index is 14.0. The normalized spacial score (nSPS) is 18.9. The van der Waals surface area contributed by atoms with E-state index >= 15 is 0 Å². The van der Waals surface area contributed by atoms with Crippen molar-refractivity contribution in [3.8, 4) is 5.75 Å². The quantitative estimate of drug-likeness (QED) is 0.774. The van der Waals surface area contributed by atoms with Gasteiger partial charge < -0.3 is 14.5 Å². The van der Waals surface area contributed by atoms with E-state index in [9.17, 15) is 9.18 Å². The van der Waals surface area contributed by atoms with Crippen molar-refractivity contribution >= 4 is 11.6 Å². The molecule has 27 heavy (non-hydrogen) atoms. The van der Waals surface area contributed by atoms with Crippen molar-refractivity contribution in [1.29, 1.82) is 0 Å². The van der Waals surface area contributed by atoms with Crippen LogP contribution in [0.25, 0.3) is 0 Å². The number of halogens is 1. The van der Waals surface area contributed by atoms with Gasteiger partial charge in [0, 0.05) is 44.2 Å². The molecule has 1 atom stereocenters. The molecule has 0 aliphatic carbocycles. The number of hydrogen-bond acceptors (Lipinski definition) is 3. The number of benzene rings is 2. The van der Waals surface area contributed by atoms with Crippen LogP contribution in [-0.4, -0.2) is 37.6 Å². The Bertz CT molecular complexity index is 839. The minimum atomic E-state index is -0.327. The van der Waals surface area contributed by atoms with E-state index in [1.54, 1.807) is 12.1 Å². The van der Waals surface area contributed by atoms with Gasteiger partial charge in [-0.25, -0.2) is 4.39 Å². The van der Waals surface area contributed by atoms with E-state index < -0.39 is 0 Å². The lowest BCUT2D eigenvalue weighted by molar-refractivity contribution is -0.127. The molecular formula is C22H25FN2O2. The number of amides is 1. The molecule has 2 heterocycles. The zero-order valence-corrected chi connectivity index (χ0v) is 15.7. The van der Waals surface area contributed by atoms with Crippen molar-refractivity contribution in [2.24, 2.45) is 0 Å². The second-order valence-corrected chi connectivity index (χ2v) is 7.38. The largest absolute Gasteiger partial charge is 0.494 e. The van der Waals surface area contributed by atoms with Crippen LogP contribution in [0.4, 0.5) is 10.1 Å². The van der Waals surface area contributed by atoms with Crippen molar-refractivity contribution in [3.63, 3.8) is 0 Å². The van der Waals surface area contributed by atoms with Crippen molar-refractivity contribution in [3.05, 3.63) is 59.4 Å². The molecule has 0 N–H and O–H groups in total. The van der Waals surface area contributed by atoms with Crippen LogP contribution >= 0.6 is 0 Å². The van der Waals surface area contributed by atoms with Crippen LogP contribution in [0.1, 0.15) is 36.3 Å². The maximum atomic E-state index is 14.0. The lowest BCUT2D eigenvalue weighted by Crippen LogP contribution is -2.28. The van der Waals surface area contributed by atoms with Crippen molar-refractivity contribution < 1.29 is 13.9 Å². The summed E-state index contributed by atoms with van der Waals surface area (Å²) in [5.74, 6) is 0.629. The number of carbonyl (C=O) groups is 1. The van der Waals surface area contributed by atoms with Gasteiger partial charge in [0.05, 0.1) is 7.11 Å². The van der Waals surface area contributed by atoms with Crippen molar-refractivity contribution in [2.75, 3.05) is 31.6 Å². The van der Waals surface area contributed by atoms with E-state index in [1.807, 2.05) is 17.0 Å². The number of rotatable bonds is 6. The smallest absolute Gasteiger partial charge is 0.222 e. The summed E-state index contributed by atoms with van der Waals surface area (Å²) in [4.78, 5) is 16.2. The fourth-order valence-corrected chi connectivity index (χ4v) is 4.26. The Labute approximate surface area is 159 Å². The Morgan fingerprint density at radius 3 is 2.78 bits per heavy atom. The molecule has 1 amide bonds. The molecule has 0 saturated carbocycles. The topological polar surface area (TPSA) is 32.8 Å². The van der Waals surface area contributed by atoms with Crippen LogP contribution in [-0.2, 0) is 11.3 Å². The van der Waals surface area contributed by atoms with Crippen LogP contribution in [0.3, 0.4) is 0 Å². The van der Waals surface area contributed by atoms with Crippen LogP contribution in [0.2, 0.25) is 0 Å². The van der Waals surface area contributed by atoms with Gasteiger partial charge in [0.1, 0.15) is 0 Å². The van der Waals surface area contributed by atoms with Crippen molar-refractivity contribution in [2.45, 2.75) is 31.7 Å². The van der Waals surface area contributed by atoms with E-state index in [0.717, 1.165) is 38.0 Å². The maximum Gasteiger partial charge on any atom is 0.222 e. The Balaban J connectivity index is 1.48. The van der Waals surface area contributed by atoms with Gasteiger partial charge in [0.25, 0.3) is 0 Å². The molecule has 5 heteroatoms. The highest BCUT2D eigenvalue weighted by Crippen LogP contribution is 2.39.